The fourth-order valence-corrected chi connectivity index (χ4v) is 9.27. The molecule has 10 aromatic rings. The smallest absolute Gasteiger partial charge is 0.164 e. The maximum atomic E-state index is 6.30. The van der Waals surface area contributed by atoms with E-state index in [1.165, 1.54) is 47.8 Å². The molecule has 1 aliphatic rings. The van der Waals surface area contributed by atoms with Crippen LogP contribution in [0.25, 0.3) is 98.5 Å². The number of thiophene rings is 1. The summed E-state index contributed by atoms with van der Waals surface area (Å²) < 4.78 is 8.83. The van der Waals surface area contributed by atoms with Crippen molar-refractivity contribution in [2.45, 2.75) is 19.3 Å². The second-order valence-corrected chi connectivity index (χ2v) is 15.5. The van der Waals surface area contributed by atoms with Crippen molar-refractivity contribution in [2.75, 3.05) is 0 Å². The second-order valence-electron chi connectivity index (χ2n) is 14.4. The summed E-state index contributed by atoms with van der Waals surface area (Å²) in [5.74, 6) is 1.96. The third-order valence-corrected chi connectivity index (χ3v) is 12.1. The molecule has 0 unspecified atom stereocenters. The molecule has 0 N–H and O–H groups in total. The highest BCUT2D eigenvalue weighted by Crippen LogP contribution is 2.51. The number of aromatic nitrogens is 3. The number of nitrogens with zero attached hydrogens (tertiary/aromatic N) is 3. The summed E-state index contributed by atoms with van der Waals surface area (Å²) >= 11 is 1.81. The van der Waals surface area contributed by atoms with E-state index in [9.17, 15) is 0 Å². The minimum absolute atomic E-state index is 0.173. The first-order valence-corrected chi connectivity index (χ1v) is 18.7. The van der Waals surface area contributed by atoms with Crippen molar-refractivity contribution in [2.24, 2.45) is 0 Å². The fraction of sp³-hybridized carbons (Fsp3) is 0.0625. The summed E-state index contributed by atoms with van der Waals surface area (Å²) in [6, 6.07) is 53.6. The van der Waals surface area contributed by atoms with Gasteiger partial charge < -0.3 is 4.42 Å². The molecule has 0 amide bonds. The Kier molecular flexibility index (Phi) is 6.43. The Morgan fingerprint density at radius 2 is 1.04 bits per heavy atom. The first kappa shape index (κ1) is 30.2. The van der Waals surface area contributed by atoms with E-state index in [0.717, 1.165) is 44.4 Å². The summed E-state index contributed by atoms with van der Waals surface area (Å²) in [6.45, 7) is 4.67. The van der Waals surface area contributed by atoms with Gasteiger partial charge in [-0.15, -0.1) is 11.3 Å². The Morgan fingerprint density at radius 3 is 1.89 bits per heavy atom. The Balaban J connectivity index is 1.02. The van der Waals surface area contributed by atoms with Crippen LogP contribution in [0.15, 0.2) is 156 Å². The Bertz CT molecular complexity index is 3100. The molecule has 7 aromatic carbocycles. The summed E-state index contributed by atoms with van der Waals surface area (Å²) in [7, 11) is 0. The maximum Gasteiger partial charge on any atom is 0.164 e. The van der Waals surface area contributed by atoms with Crippen molar-refractivity contribution in [1.82, 2.24) is 15.0 Å². The zero-order chi connectivity index (χ0) is 35.3. The lowest BCUT2D eigenvalue weighted by molar-refractivity contribution is 0.658. The Morgan fingerprint density at radius 1 is 0.415 bits per heavy atom. The molecule has 0 saturated carbocycles. The highest BCUT2D eigenvalue weighted by Gasteiger charge is 2.36. The third kappa shape index (κ3) is 4.71. The lowest BCUT2D eigenvalue weighted by atomic mass is 9.81. The van der Waals surface area contributed by atoms with Crippen molar-refractivity contribution in [1.29, 1.82) is 0 Å². The molecule has 0 fully saturated rings. The maximum absolute atomic E-state index is 6.30. The predicted molar refractivity (Wildman–Crippen MR) is 219 cm³/mol. The lowest BCUT2D eigenvalue weighted by Gasteiger charge is -2.22. The average Bonchev–Trinajstić information content (AvgIpc) is 3.84. The molecule has 0 saturated heterocycles. The molecular formula is C48H31N3OS. The van der Waals surface area contributed by atoms with Gasteiger partial charge in [0.1, 0.15) is 11.2 Å². The Hall–Kier alpha value is -6.43. The predicted octanol–water partition coefficient (Wildman–Crippen LogP) is 13.1. The quantitative estimate of drug-likeness (QED) is 0.184. The van der Waals surface area contributed by atoms with Gasteiger partial charge in [-0.25, -0.2) is 15.0 Å². The molecule has 3 aromatic heterocycles. The highest BCUT2D eigenvalue weighted by atomic mass is 32.1. The SMILES string of the molecule is CC1(C)c2cc(-c3cccc(-c4nc(-c5ccccc5)nc(-c5ccc6sc7ccccc7c6c5)n4)c3)ccc2-c2cc3oc4ccccc4c3cc21. The fourth-order valence-electron chi connectivity index (χ4n) is 8.19. The van der Waals surface area contributed by atoms with E-state index in [1.54, 1.807) is 0 Å². The molecule has 53 heavy (non-hydrogen) atoms. The van der Waals surface area contributed by atoms with E-state index in [2.05, 4.69) is 135 Å². The summed E-state index contributed by atoms with van der Waals surface area (Å²) in [4.78, 5) is 15.2. The topological polar surface area (TPSA) is 51.8 Å². The molecule has 250 valence electrons. The van der Waals surface area contributed by atoms with E-state index >= 15 is 0 Å². The molecule has 3 heterocycles. The zero-order valence-corrected chi connectivity index (χ0v) is 29.9. The van der Waals surface area contributed by atoms with Crippen molar-refractivity contribution in [3.63, 3.8) is 0 Å². The van der Waals surface area contributed by atoms with Gasteiger partial charge in [-0.3, -0.25) is 0 Å². The van der Waals surface area contributed by atoms with Crippen molar-refractivity contribution in [3.05, 3.63) is 163 Å². The number of fused-ring (bicyclic) bond motifs is 9. The van der Waals surface area contributed by atoms with Gasteiger partial charge in [0.2, 0.25) is 0 Å². The first-order valence-electron chi connectivity index (χ1n) is 17.9. The van der Waals surface area contributed by atoms with Crippen LogP contribution in [0.5, 0.6) is 0 Å². The average molecular weight is 698 g/mol. The van der Waals surface area contributed by atoms with Crippen LogP contribution in [-0.4, -0.2) is 15.0 Å². The van der Waals surface area contributed by atoms with Gasteiger partial charge >= 0.3 is 0 Å². The molecule has 5 heteroatoms. The molecule has 0 atom stereocenters. The molecule has 0 spiro atoms. The van der Waals surface area contributed by atoms with Gasteiger partial charge in [0.25, 0.3) is 0 Å². The molecule has 11 rings (SSSR count). The van der Waals surface area contributed by atoms with E-state index in [0.29, 0.717) is 17.5 Å². The Labute approximate surface area is 310 Å². The van der Waals surface area contributed by atoms with Gasteiger partial charge in [-0.1, -0.05) is 111 Å². The molecule has 1 aliphatic carbocycles. The van der Waals surface area contributed by atoms with Crippen LogP contribution in [0.1, 0.15) is 25.0 Å². The normalized spacial score (nSPS) is 13.2. The second kappa shape index (κ2) is 11.3. The van der Waals surface area contributed by atoms with E-state index in [1.807, 2.05) is 41.7 Å². The summed E-state index contributed by atoms with van der Waals surface area (Å²) in [5.41, 5.74) is 12.0. The molecule has 0 bridgehead atoms. The van der Waals surface area contributed by atoms with E-state index < -0.39 is 0 Å². The van der Waals surface area contributed by atoms with Crippen LogP contribution in [0.3, 0.4) is 0 Å². The molecule has 4 nitrogen and oxygen atoms in total. The van der Waals surface area contributed by atoms with Crippen LogP contribution in [0.2, 0.25) is 0 Å². The van der Waals surface area contributed by atoms with Crippen molar-refractivity contribution >= 4 is 53.4 Å². The number of hydrogen-bond donors (Lipinski definition) is 0. The van der Waals surface area contributed by atoms with Crippen LogP contribution >= 0.6 is 11.3 Å². The number of benzene rings is 7. The summed E-state index contributed by atoms with van der Waals surface area (Å²) in [5, 5.41) is 4.80. The standard InChI is InChI=1S/C48H31N3OS/c1-48(2)39-25-30(19-21-33(39)36-27-42-37(26-40(36)48)34-15-6-8-17-41(34)52-42)29-13-10-14-31(23-29)46-49-45(28-11-4-3-5-12-28)50-47(51-46)32-20-22-44-38(24-32)35-16-7-9-18-43(35)53-44/h3-27H,1-2H3. The minimum Gasteiger partial charge on any atom is -0.456 e. The van der Waals surface area contributed by atoms with E-state index in [4.69, 9.17) is 19.4 Å². The highest BCUT2D eigenvalue weighted by molar-refractivity contribution is 7.25. The largest absolute Gasteiger partial charge is 0.456 e. The minimum atomic E-state index is -0.173. The van der Waals surface area contributed by atoms with Crippen molar-refractivity contribution < 1.29 is 4.42 Å². The van der Waals surface area contributed by atoms with Crippen LogP contribution in [0.4, 0.5) is 0 Å². The number of hydrogen-bond acceptors (Lipinski definition) is 5. The van der Waals surface area contributed by atoms with Crippen molar-refractivity contribution in [3.8, 4) is 56.4 Å². The molecule has 0 radical (unpaired) electrons. The third-order valence-electron chi connectivity index (χ3n) is 10.9. The zero-order valence-electron chi connectivity index (χ0n) is 29.1. The van der Waals surface area contributed by atoms with Gasteiger partial charge in [0.05, 0.1) is 0 Å². The first-order chi connectivity index (χ1) is 26.0. The monoisotopic (exact) mass is 697 g/mol. The number of para-hydroxylation sites is 1. The summed E-state index contributed by atoms with van der Waals surface area (Å²) in [6.07, 6.45) is 0. The van der Waals surface area contributed by atoms with E-state index in [-0.39, 0.29) is 5.41 Å². The van der Waals surface area contributed by atoms with Gasteiger partial charge in [0, 0.05) is 53.1 Å². The molecular weight excluding hydrogens is 667 g/mol. The van der Waals surface area contributed by atoms with Crippen LogP contribution < -0.4 is 0 Å². The van der Waals surface area contributed by atoms with Crippen LogP contribution in [-0.2, 0) is 5.41 Å². The van der Waals surface area contributed by atoms with Gasteiger partial charge in [-0.2, -0.15) is 0 Å². The number of rotatable bonds is 4. The van der Waals surface area contributed by atoms with Gasteiger partial charge in [0.15, 0.2) is 17.5 Å². The van der Waals surface area contributed by atoms with Gasteiger partial charge in [-0.05, 0) is 88.0 Å². The molecule has 0 aliphatic heterocycles. The number of furan rings is 1. The lowest BCUT2D eigenvalue weighted by Crippen LogP contribution is -2.15. The van der Waals surface area contributed by atoms with Crippen LogP contribution in [0, 0.1) is 0 Å².